The van der Waals surface area contributed by atoms with Crippen molar-refractivity contribution >= 4 is 40.0 Å². The van der Waals surface area contributed by atoms with Gasteiger partial charge < -0.3 is 10.2 Å². The predicted octanol–water partition coefficient (Wildman–Crippen LogP) is 25.7. The Morgan fingerprint density at radius 1 is 0.260 bits per heavy atom. The zero-order valence-corrected chi connectivity index (χ0v) is 54.6. The van der Waals surface area contributed by atoms with Crippen molar-refractivity contribution in [3.63, 3.8) is 0 Å². The van der Waals surface area contributed by atoms with Crippen molar-refractivity contribution in [3.8, 4) is 66.8 Å². The molecule has 472 valence electrons. The Morgan fingerprint density at radius 2 is 0.542 bits per heavy atom. The van der Waals surface area contributed by atoms with Gasteiger partial charge in [0.2, 0.25) is 0 Å². The summed E-state index contributed by atoms with van der Waals surface area (Å²) in [5.41, 5.74) is 28.4. The van der Waals surface area contributed by atoms with E-state index < -0.39 is 0 Å². The summed E-state index contributed by atoms with van der Waals surface area (Å²) >= 11 is 6.37. The number of halogens is 1. The number of hydrogen-bond donors (Lipinski definition) is 1. The second kappa shape index (κ2) is 24.9. The number of rotatable bonds is 9. The molecule has 8 bridgehead atoms. The Labute approximate surface area is 573 Å². The Balaban J connectivity index is 0.000000120. The van der Waals surface area contributed by atoms with E-state index in [1.165, 1.54) is 148 Å². The minimum atomic E-state index is 0. The molecule has 0 unspecified atom stereocenters. The molecular formula is C93H83ClN2. The summed E-state index contributed by atoms with van der Waals surface area (Å²) < 4.78 is 0. The molecule has 2 nitrogen and oxygen atoms in total. The van der Waals surface area contributed by atoms with Crippen LogP contribution in [-0.2, 0) is 10.8 Å². The molecule has 96 heavy (non-hydrogen) atoms. The quantitative estimate of drug-likeness (QED) is 0.155. The Kier molecular flexibility index (Phi) is 15.6. The first kappa shape index (κ1) is 60.2. The molecule has 0 aliphatic heterocycles. The molecule has 0 heterocycles. The van der Waals surface area contributed by atoms with Crippen LogP contribution in [-0.4, -0.2) is 0 Å². The summed E-state index contributed by atoms with van der Waals surface area (Å²) in [6.07, 6.45) is 14.4. The first-order valence-electron chi connectivity index (χ1n) is 35.2. The highest BCUT2D eigenvalue weighted by Crippen LogP contribution is 2.71. The fourth-order valence-electron chi connectivity index (χ4n) is 20.7. The molecule has 22 rings (SSSR count). The fraction of sp³-hybridized carbons (Fsp3) is 0.226. The van der Waals surface area contributed by atoms with E-state index in [1.807, 2.05) is 12.1 Å². The Morgan fingerprint density at radius 3 is 0.906 bits per heavy atom. The molecule has 0 atom stereocenters. The number of nitrogens with zero attached hydrogens (tertiary/aromatic N) is 1. The van der Waals surface area contributed by atoms with Crippen LogP contribution in [0.3, 0.4) is 0 Å². The minimum absolute atomic E-state index is 0. The fourth-order valence-corrected chi connectivity index (χ4v) is 20.8. The third-order valence-corrected chi connectivity index (χ3v) is 24.3. The predicted molar refractivity (Wildman–Crippen MR) is 404 cm³/mol. The van der Waals surface area contributed by atoms with Gasteiger partial charge in [-0.2, -0.15) is 0 Å². The van der Waals surface area contributed by atoms with E-state index in [0.717, 1.165) is 63.7 Å². The van der Waals surface area contributed by atoms with Crippen molar-refractivity contribution in [2.45, 2.75) is 82.5 Å². The molecule has 10 aliphatic rings. The van der Waals surface area contributed by atoms with E-state index in [2.05, 4.69) is 301 Å². The summed E-state index contributed by atoms with van der Waals surface area (Å²) in [7, 11) is 0. The minimum Gasteiger partial charge on any atom is -0.356 e. The van der Waals surface area contributed by atoms with E-state index in [4.69, 9.17) is 11.6 Å². The van der Waals surface area contributed by atoms with E-state index in [0.29, 0.717) is 5.41 Å². The maximum atomic E-state index is 6.37. The van der Waals surface area contributed by atoms with Crippen LogP contribution in [0.25, 0.3) is 66.8 Å². The van der Waals surface area contributed by atoms with Crippen LogP contribution >= 0.6 is 11.6 Å². The van der Waals surface area contributed by atoms with Crippen molar-refractivity contribution < 1.29 is 0 Å². The normalized spacial score (nSPS) is 24.1. The second-order valence-electron chi connectivity index (χ2n) is 29.0. The third-order valence-electron chi connectivity index (χ3n) is 24.1. The van der Waals surface area contributed by atoms with Crippen LogP contribution in [0.4, 0.5) is 28.4 Å². The molecule has 8 fully saturated rings. The monoisotopic (exact) mass is 1260 g/mol. The first-order chi connectivity index (χ1) is 46.9. The Bertz CT molecular complexity index is 4510. The summed E-state index contributed by atoms with van der Waals surface area (Å²) in [5.74, 6) is 7.17. The summed E-state index contributed by atoms with van der Waals surface area (Å²) in [6, 6.07) is 110. The van der Waals surface area contributed by atoms with Crippen LogP contribution in [0.2, 0.25) is 5.02 Å². The lowest BCUT2D eigenvalue weighted by Gasteiger charge is -2.61. The smallest absolute Gasteiger partial charge is 0.0468 e. The summed E-state index contributed by atoms with van der Waals surface area (Å²) in [4.78, 5) is 2.45. The topological polar surface area (TPSA) is 15.3 Å². The van der Waals surface area contributed by atoms with Crippen LogP contribution < -0.4 is 10.2 Å². The maximum Gasteiger partial charge on any atom is 0.0468 e. The lowest BCUT2D eigenvalue weighted by atomic mass is 9.43. The lowest BCUT2D eigenvalue weighted by molar-refractivity contribution is -0.0399. The first-order valence-corrected chi connectivity index (χ1v) is 35.6. The molecule has 1 N–H and O–H groups in total. The van der Waals surface area contributed by atoms with Gasteiger partial charge in [0, 0.05) is 44.3 Å². The standard InChI is InChI=1S/C46H39N.C24H19N.C22H21Cl.CH4/c1-3-9-33(10-4-1)35-15-19-39(20-16-35)47(40-21-17-36(18-22-40)34-11-5-2-6-12-34)41-23-24-45-43(30-41)42-13-7-8-14-44(42)46(45)37-26-31-25-32(28-37)29-38(46)27-31;1-3-7-19(8-4-1)21-11-15-23(16-12-21)25-24-17-13-22(14-18-24)20-9-5-2-6-10-20;23-17-5-6-21-19(12-17)18-3-1-2-4-20(18)22(21)15-8-13-7-14(10-15)11-16(22)9-13;/h1-24,30-32,37-38H,25-29H2;1-18,25H;1-6,12-16H,7-11H2;1H4. The van der Waals surface area contributed by atoms with Crippen LogP contribution in [0.1, 0.15) is 93.9 Å². The van der Waals surface area contributed by atoms with Crippen LogP contribution in [0.5, 0.6) is 0 Å². The summed E-state index contributed by atoms with van der Waals surface area (Å²) in [5, 5.41) is 4.34. The van der Waals surface area contributed by atoms with Crippen molar-refractivity contribution in [3.05, 3.63) is 331 Å². The molecule has 12 aromatic carbocycles. The number of hydrogen-bond acceptors (Lipinski definition) is 2. The third kappa shape index (κ3) is 10.4. The van der Waals surface area contributed by atoms with Gasteiger partial charge in [-0.1, -0.05) is 250 Å². The lowest BCUT2D eigenvalue weighted by Crippen LogP contribution is -2.55. The van der Waals surface area contributed by atoms with E-state index >= 15 is 0 Å². The molecule has 12 aromatic rings. The van der Waals surface area contributed by atoms with Crippen molar-refractivity contribution in [2.75, 3.05) is 10.2 Å². The van der Waals surface area contributed by atoms with Crippen LogP contribution in [0, 0.1) is 47.3 Å². The largest absolute Gasteiger partial charge is 0.356 e. The van der Waals surface area contributed by atoms with Gasteiger partial charge in [-0.05, 0) is 273 Å². The van der Waals surface area contributed by atoms with Gasteiger partial charge in [-0.15, -0.1) is 0 Å². The highest BCUT2D eigenvalue weighted by molar-refractivity contribution is 6.31. The molecule has 10 aliphatic carbocycles. The van der Waals surface area contributed by atoms with Gasteiger partial charge >= 0.3 is 0 Å². The van der Waals surface area contributed by atoms with Gasteiger partial charge in [0.25, 0.3) is 0 Å². The number of anilines is 5. The van der Waals surface area contributed by atoms with E-state index in [1.54, 1.807) is 22.3 Å². The maximum absolute atomic E-state index is 6.37. The average Bonchev–Trinajstić information content (AvgIpc) is 1.51. The molecule has 3 heteroatoms. The van der Waals surface area contributed by atoms with E-state index in [-0.39, 0.29) is 12.8 Å². The SMILES string of the molecule is C.Clc1ccc2c(c1)-c1ccccc1C21C2CC3CC(C2)CC1C3.c1ccc(-c2ccc(N(c3ccc(-c4ccccc4)cc3)c3ccc4c(c3)-c3ccccc3C43C4CC5CC(C4)CC3C5)cc2)cc1.c1ccc(-c2ccc(Nc3ccc(-c4ccccc4)cc3)cc2)cc1. The number of nitrogens with one attached hydrogen (secondary N) is 1. The summed E-state index contributed by atoms with van der Waals surface area (Å²) in [6.45, 7) is 0. The molecule has 0 aromatic heterocycles. The van der Waals surface area contributed by atoms with Gasteiger partial charge in [0.15, 0.2) is 0 Å². The molecule has 8 saturated carbocycles. The van der Waals surface area contributed by atoms with Gasteiger partial charge in [-0.3, -0.25) is 0 Å². The van der Waals surface area contributed by atoms with Gasteiger partial charge in [0.05, 0.1) is 0 Å². The number of benzene rings is 12. The van der Waals surface area contributed by atoms with Crippen molar-refractivity contribution in [2.24, 2.45) is 47.3 Å². The second-order valence-corrected chi connectivity index (χ2v) is 29.5. The average molecular weight is 1260 g/mol. The van der Waals surface area contributed by atoms with E-state index in [9.17, 15) is 0 Å². The zero-order valence-electron chi connectivity index (χ0n) is 53.9. The highest BCUT2D eigenvalue weighted by Gasteiger charge is 2.63. The molecule has 0 radical (unpaired) electrons. The highest BCUT2D eigenvalue weighted by atomic mass is 35.5. The van der Waals surface area contributed by atoms with Crippen molar-refractivity contribution in [1.29, 1.82) is 0 Å². The van der Waals surface area contributed by atoms with Gasteiger partial charge in [-0.25, -0.2) is 0 Å². The molecule has 0 saturated heterocycles. The molecule has 2 spiro atoms. The van der Waals surface area contributed by atoms with Crippen molar-refractivity contribution in [1.82, 2.24) is 0 Å². The molecule has 0 amide bonds. The molecular weight excluding hydrogens is 1180 g/mol. The van der Waals surface area contributed by atoms with Gasteiger partial charge in [0.1, 0.15) is 0 Å². The number of fused-ring (bicyclic) bond motifs is 6. The van der Waals surface area contributed by atoms with Crippen LogP contribution in [0.15, 0.2) is 303 Å². The zero-order chi connectivity index (χ0) is 63.0. The Hall–Kier alpha value is -9.47.